The molecule has 2 aromatic carbocycles. The van der Waals surface area contributed by atoms with E-state index in [1.807, 2.05) is 30.3 Å². The van der Waals surface area contributed by atoms with Crippen molar-refractivity contribution in [2.45, 2.75) is 6.10 Å². The van der Waals surface area contributed by atoms with Gasteiger partial charge in [0, 0.05) is 17.7 Å². The lowest BCUT2D eigenvalue weighted by atomic mass is 10.00. The molecule has 2 aromatic rings. The largest absolute Gasteiger partial charge is 0.369 e. The predicted octanol–water partition coefficient (Wildman–Crippen LogP) is 4.56. The van der Waals surface area contributed by atoms with Gasteiger partial charge in [-0.2, -0.15) is 0 Å². The van der Waals surface area contributed by atoms with Crippen LogP contribution in [0.25, 0.3) is 0 Å². The van der Waals surface area contributed by atoms with Gasteiger partial charge in [-0.15, -0.1) is 0 Å². The predicted molar refractivity (Wildman–Crippen MR) is 77.0 cm³/mol. The van der Waals surface area contributed by atoms with E-state index < -0.39 is 6.10 Å². The van der Waals surface area contributed by atoms with Crippen LogP contribution in [0.4, 0.5) is 0 Å². The second-order valence-electron chi connectivity index (χ2n) is 4.01. The van der Waals surface area contributed by atoms with Crippen molar-refractivity contribution < 1.29 is 9.53 Å². The van der Waals surface area contributed by atoms with Crippen molar-refractivity contribution >= 4 is 29.0 Å². The summed E-state index contributed by atoms with van der Waals surface area (Å²) in [5, 5.41) is 0.825. The van der Waals surface area contributed by atoms with Gasteiger partial charge in [0.05, 0.1) is 5.02 Å². The maximum atomic E-state index is 12.5. The average Bonchev–Trinajstić information content (AvgIpc) is 2.40. The van der Waals surface area contributed by atoms with Gasteiger partial charge in [-0.25, -0.2) is 0 Å². The molecule has 2 nitrogen and oxygen atoms in total. The number of hydrogen-bond donors (Lipinski definition) is 0. The zero-order valence-corrected chi connectivity index (χ0v) is 11.8. The van der Waals surface area contributed by atoms with Gasteiger partial charge in [-0.3, -0.25) is 4.79 Å². The van der Waals surface area contributed by atoms with Crippen molar-refractivity contribution in [2.24, 2.45) is 0 Å². The van der Waals surface area contributed by atoms with Crippen LogP contribution in [0.2, 0.25) is 10.0 Å². The molecule has 0 saturated carbocycles. The van der Waals surface area contributed by atoms with Crippen LogP contribution in [0.15, 0.2) is 48.5 Å². The van der Waals surface area contributed by atoms with Crippen molar-refractivity contribution in [2.75, 3.05) is 7.11 Å². The minimum atomic E-state index is -0.667. The Balaban J connectivity index is 2.36. The van der Waals surface area contributed by atoms with Crippen LogP contribution in [0.1, 0.15) is 22.0 Å². The second-order valence-corrected chi connectivity index (χ2v) is 4.86. The molecule has 98 valence electrons. The first-order valence-corrected chi connectivity index (χ1v) is 6.46. The van der Waals surface area contributed by atoms with Gasteiger partial charge in [0.15, 0.2) is 5.78 Å². The minimum absolute atomic E-state index is 0.185. The maximum Gasteiger partial charge on any atom is 0.197 e. The first-order chi connectivity index (χ1) is 9.13. The van der Waals surface area contributed by atoms with E-state index in [-0.39, 0.29) is 5.78 Å². The molecule has 1 unspecified atom stereocenters. The lowest BCUT2D eigenvalue weighted by molar-refractivity contribution is 0.0604. The normalized spacial score (nSPS) is 12.2. The van der Waals surface area contributed by atoms with Crippen LogP contribution in [0.3, 0.4) is 0 Å². The highest BCUT2D eigenvalue weighted by Gasteiger charge is 2.23. The zero-order valence-electron chi connectivity index (χ0n) is 10.3. The van der Waals surface area contributed by atoms with Crippen LogP contribution in [-0.4, -0.2) is 12.9 Å². The van der Waals surface area contributed by atoms with Gasteiger partial charge >= 0.3 is 0 Å². The average molecular weight is 295 g/mol. The van der Waals surface area contributed by atoms with Crippen molar-refractivity contribution in [3.05, 3.63) is 69.7 Å². The number of halogens is 2. The van der Waals surface area contributed by atoms with E-state index in [4.69, 9.17) is 27.9 Å². The molecular weight excluding hydrogens is 283 g/mol. The highest BCUT2D eigenvalue weighted by atomic mass is 35.5. The van der Waals surface area contributed by atoms with Gasteiger partial charge in [0.1, 0.15) is 6.10 Å². The molecular formula is C15H12Cl2O2. The van der Waals surface area contributed by atoms with E-state index in [1.165, 1.54) is 7.11 Å². The van der Waals surface area contributed by atoms with Crippen LogP contribution in [0, 0.1) is 0 Å². The summed E-state index contributed by atoms with van der Waals surface area (Å²) in [5.41, 5.74) is 1.20. The number of carbonyl (C=O) groups is 1. The molecule has 0 aliphatic heterocycles. The first-order valence-electron chi connectivity index (χ1n) is 5.70. The fraction of sp³-hybridized carbons (Fsp3) is 0.133. The monoisotopic (exact) mass is 294 g/mol. The molecule has 0 bridgehead atoms. The Bertz CT molecular complexity index is 582. The van der Waals surface area contributed by atoms with Crippen LogP contribution in [-0.2, 0) is 4.74 Å². The summed E-state index contributed by atoms with van der Waals surface area (Å²) in [4.78, 5) is 12.5. The SMILES string of the molecule is COC(C(=O)c1ccc(Cl)cc1Cl)c1ccccc1. The summed E-state index contributed by atoms with van der Waals surface area (Å²) in [7, 11) is 1.50. The molecule has 0 saturated heterocycles. The summed E-state index contributed by atoms with van der Waals surface area (Å²) in [6, 6.07) is 14.1. The topological polar surface area (TPSA) is 26.3 Å². The van der Waals surface area contributed by atoms with E-state index in [9.17, 15) is 4.79 Å². The van der Waals surface area contributed by atoms with Crippen molar-refractivity contribution in [1.29, 1.82) is 0 Å². The van der Waals surface area contributed by atoms with E-state index in [1.54, 1.807) is 18.2 Å². The third-order valence-electron chi connectivity index (χ3n) is 2.77. The Morgan fingerprint density at radius 3 is 2.37 bits per heavy atom. The Hall–Kier alpha value is -1.35. The summed E-state index contributed by atoms with van der Waals surface area (Å²) >= 11 is 11.9. The molecule has 0 aliphatic rings. The number of benzene rings is 2. The number of hydrogen-bond acceptors (Lipinski definition) is 2. The highest BCUT2D eigenvalue weighted by Crippen LogP contribution is 2.27. The van der Waals surface area contributed by atoms with Crippen molar-refractivity contribution in [3.63, 3.8) is 0 Å². The van der Waals surface area contributed by atoms with E-state index in [0.717, 1.165) is 5.56 Å². The first kappa shape index (κ1) is 14.1. The van der Waals surface area contributed by atoms with Gasteiger partial charge in [0.2, 0.25) is 0 Å². The van der Waals surface area contributed by atoms with E-state index in [0.29, 0.717) is 15.6 Å². The minimum Gasteiger partial charge on any atom is -0.369 e. The summed E-state index contributed by atoms with van der Waals surface area (Å²) in [6.45, 7) is 0. The van der Waals surface area contributed by atoms with Gasteiger partial charge in [-0.05, 0) is 23.8 Å². The Morgan fingerprint density at radius 1 is 1.11 bits per heavy atom. The maximum absolute atomic E-state index is 12.5. The third-order valence-corrected chi connectivity index (χ3v) is 3.32. The molecule has 0 N–H and O–H groups in total. The fourth-order valence-corrected chi connectivity index (χ4v) is 2.35. The fourth-order valence-electron chi connectivity index (χ4n) is 1.85. The van der Waals surface area contributed by atoms with Crippen LogP contribution in [0.5, 0.6) is 0 Å². The standard InChI is InChI=1S/C15H12Cl2O2/c1-19-15(10-5-3-2-4-6-10)14(18)12-8-7-11(16)9-13(12)17/h2-9,15H,1H3. The number of rotatable bonds is 4. The highest BCUT2D eigenvalue weighted by molar-refractivity contribution is 6.37. The van der Waals surface area contributed by atoms with Crippen LogP contribution < -0.4 is 0 Å². The van der Waals surface area contributed by atoms with E-state index >= 15 is 0 Å². The Labute approximate surface area is 121 Å². The van der Waals surface area contributed by atoms with Crippen LogP contribution >= 0.6 is 23.2 Å². The molecule has 0 aliphatic carbocycles. The van der Waals surface area contributed by atoms with E-state index in [2.05, 4.69) is 0 Å². The molecule has 0 spiro atoms. The lowest BCUT2D eigenvalue weighted by Crippen LogP contribution is -2.15. The molecule has 19 heavy (non-hydrogen) atoms. The number of carbonyl (C=O) groups excluding carboxylic acids is 1. The Kier molecular flexibility index (Phi) is 4.59. The molecule has 0 radical (unpaired) electrons. The van der Waals surface area contributed by atoms with Gasteiger partial charge in [-0.1, -0.05) is 53.5 Å². The van der Waals surface area contributed by atoms with Gasteiger partial charge in [0.25, 0.3) is 0 Å². The molecule has 0 amide bonds. The molecule has 0 heterocycles. The summed E-state index contributed by atoms with van der Waals surface area (Å²) < 4.78 is 5.30. The molecule has 0 fully saturated rings. The zero-order chi connectivity index (χ0) is 13.8. The van der Waals surface area contributed by atoms with Crippen molar-refractivity contribution in [1.82, 2.24) is 0 Å². The lowest BCUT2D eigenvalue weighted by Gasteiger charge is -2.15. The number of ether oxygens (including phenoxy) is 1. The quantitative estimate of drug-likeness (QED) is 0.773. The smallest absolute Gasteiger partial charge is 0.197 e. The number of methoxy groups -OCH3 is 1. The molecule has 4 heteroatoms. The summed E-state index contributed by atoms with van der Waals surface area (Å²) in [6.07, 6.45) is -0.667. The molecule has 0 aromatic heterocycles. The number of Topliss-reactive ketones (excluding diaryl/α,β-unsaturated/α-hetero) is 1. The second kappa shape index (κ2) is 6.20. The van der Waals surface area contributed by atoms with Crippen molar-refractivity contribution in [3.8, 4) is 0 Å². The molecule has 2 rings (SSSR count). The summed E-state index contributed by atoms with van der Waals surface area (Å²) in [5.74, 6) is -0.185. The molecule has 1 atom stereocenters. The Morgan fingerprint density at radius 2 is 1.79 bits per heavy atom. The third kappa shape index (κ3) is 3.16. The number of ketones is 1. The van der Waals surface area contributed by atoms with Gasteiger partial charge < -0.3 is 4.74 Å².